The topological polar surface area (TPSA) is 88.0 Å². The van der Waals surface area contributed by atoms with Crippen molar-refractivity contribution in [2.75, 3.05) is 18.0 Å². The number of nitro groups is 1. The van der Waals surface area contributed by atoms with Crippen LogP contribution in [0.1, 0.15) is 25.0 Å². The summed E-state index contributed by atoms with van der Waals surface area (Å²) in [6.07, 6.45) is 1.69. The van der Waals surface area contributed by atoms with Gasteiger partial charge < -0.3 is 10.6 Å². The van der Waals surface area contributed by atoms with Crippen molar-refractivity contribution < 1.29 is 4.92 Å². The molecule has 0 bridgehead atoms. The zero-order valence-corrected chi connectivity index (χ0v) is 16.2. The van der Waals surface area contributed by atoms with Gasteiger partial charge in [0.05, 0.1) is 17.7 Å². The van der Waals surface area contributed by atoms with Crippen LogP contribution >= 0.6 is 12.2 Å². The van der Waals surface area contributed by atoms with Crippen LogP contribution in [-0.4, -0.2) is 34.3 Å². The highest BCUT2D eigenvalue weighted by molar-refractivity contribution is 7.80. The van der Waals surface area contributed by atoms with Gasteiger partial charge in [0.2, 0.25) is 0 Å². The van der Waals surface area contributed by atoms with Gasteiger partial charge in [0.1, 0.15) is 0 Å². The van der Waals surface area contributed by atoms with Gasteiger partial charge in [-0.15, -0.1) is 0 Å². The van der Waals surface area contributed by atoms with Crippen LogP contribution in [0.2, 0.25) is 0 Å². The first-order valence-corrected chi connectivity index (χ1v) is 9.04. The summed E-state index contributed by atoms with van der Waals surface area (Å²) in [4.78, 5) is 12.6. The van der Waals surface area contributed by atoms with Crippen molar-refractivity contribution >= 4 is 34.9 Å². The van der Waals surface area contributed by atoms with Crippen molar-refractivity contribution in [3.8, 4) is 0 Å². The lowest BCUT2D eigenvalue weighted by atomic mass is 10.2. The van der Waals surface area contributed by atoms with E-state index in [4.69, 9.17) is 18.0 Å². The fraction of sp³-hybridized carbons (Fsp3) is 0.263. The van der Waals surface area contributed by atoms with E-state index in [2.05, 4.69) is 36.0 Å². The second kappa shape index (κ2) is 9.63. The Morgan fingerprint density at radius 2 is 1.74 bits per heavy atom. The highest BCUT2D eigenvalue weighted by atomic mass is 32.1. The normalized spacial score (nSPS) is 10.7. The zero-order valence-electron chi connectivity index (χ0n) is 15.4. The molecule has 2 aromatic rings. The number of thiocarbonyl (C=S) groups is 1. The van der Waals surface area contributed by atoms with Crippen LogP contribution in [0.5, 0.6) is 0 Å². The van der Waals surface area contributed by atoms with Gasteiger partial charge in [-0.25, -0.2) is 5.01 Å². The molecule has 0 saturated heterocycles. The third kappa shape index (κ3) is 5.75. The molecule has 27 heavy (non-hydrogen) atoms. The summed E-state index contributed by atoms with van der Waals surface area (Å²) in [6.45, 7) is 6.48. The maximum Gasteiger partial charge on any atom is 0.269 e. The SMILES string of the molecule is CCN(CC)c1ccc(/C=N/N(Cc2ccc([N+](=O)[O-])cc2)C(N)=S)cc1. The molecule has 0 radical (unpaired) electrons. The maximum absolute atomic E-state index is 10.7. The quantitative estimate of drug-likeness (QED) is 0.324. The Hall–Kier alpha value is -3.00. The summed E-state index contributed by atoms with van der Waals surface area (Å²) in [6, 6.07) is 14.3. The predicted octanol–water partition coefficient (Wildman–Crippen LogP) is 3.52. The molecule has 0 heterocycles. The number of nitro benzene ring substituents is 1. The first-order valence-electron chi connectivity index (χ1n) is 8.63. The summed E-state index contributed by atoms with van der Waals surface area (Å²) in [7, 11) is 0. The second-order valence-corrected chi connectivity index (χ2v) is 6.25. The van der Waals surface area contributed by atoms with Gasteiger partial charge in [0, 0.05) is 30.9 Å². The van der Waals surface area contributed by atoms with Crippen molar-refractivity contribution in [1.29, 1.82) is 0 Å². The number of anilines is 1. The van der Waals surface area contributed by atoms with E-state index < -0.39 is 4.92 Å². The third-order valence-corrected chi connectivity index (χ3v) is 4.31. The average molecular weight is 385 g/mol. The fourth-order valence-electron chi connectivity index (χ4n) is 2.57. The van der Waals surface area contributed by atoms with E-state index in [-0.39, 0.29) is 10.8 Å². The molecule has 7 nitrogen and oxygen atoms in total. The molecule has 142 valence electrons. The maximum atomic E-state index is 10.7. The van der Waals surface area contributed by atoms with Gasteiger partial charge in [-0.2, -0.15) is 5.10 Å². The van der Waals surface area contributed by atoms with E-state index >= 15 is 0 Å². The molecule has 2 aromatic carbocycles. The Morgan fingerprint density at radius 3 is 2.22 bits per heavy atom. The summed E-state index contributed by atoms with van der Waals surface area (Å²) >= 11 is 5.06. The van der Waals surface area contributed by atoms with Crippen LogP contribution in [0.15, 0.2) is 53.6 Å². The van der Waals surface area contributed by atoms with Crippen LogP contribution in [0.4, 0.5) is 11.4 Å². The van der Waals surface area contributed by atoms with Crippen LogP contribution < -0.4 is 10.6 Å². The van der Waals surface area contributed by atoms with Crippen LogP contribution in [-0.2, 0) is 6.54 Å². The smallest absolute Gasteiger partial charge is 0.269 e. The van der Waals surface area contributed by atoms with Crippen molar-refractivity contribution in [1.82, 2.24) is 5.01 Å². The highest BCUT2D eigenvalue weighted by Crippen LogP contribution is 2.15. The number of nitrogens with zero attached hydrogens (tertiary/aromatic N) is 4. The molecule has 2 rings (SSSR count). The second-order valence-electron chi connectivity index (χ2n) is 5.83. The molecular formula is C19H23N5O2S. The Balaban J connectivity index is 2.08. The van der Waals surface area contributed by atoms with Crippen LogP contribution in [0, 0.1) is 10.1 Å². The molecule has 2 N–H and O–H groups in total. The largest absolute Gasteiger partial charge is 0.375 e. The van der Waals surface area contributed by atoms with Crippen molar-refractivity contribution in [2.24, 2.45) is 10.8 Å². The number of benzene rings is 2. The lowest BCUT2D eigenvalue weighted by Gasteiger charge is -2.21. The fourth-order valence-corrected chi connectivity index (χ4v) is 2.68. The van der Waals surface area contributed by atoms with Gasteiger partial charge in [0.25, 0.3) is 5.69 Å². The zero-order chi connectivity index (χ0) is 19.8. The number of hydrogen-bond acceptors (Lipinski definition) is 5. The minimum atomic E-state index is -0.435. The number of rotatable bonds is 8. The van der Waals surface area contributed by atoms with E-state index in [1.54, 1.807) is 18.3 Å². The van der Waals surface area contributed by atoms with Gasteiger partial charge in [-0.05, 0) is 49.3 Å². The molecule has 0 aliphatic rings. The van der Waals surface area contributed by atoms with E-state index in [0.29, 0.717) is 6.54 Å². The Bertz CT molecular complexity index is 802. The molecule has 0 spiro atoms. The molecule has 8 heteroatoms. The van der Waals surface area contributed by atoms with Gasteiger partial charge in [-0.3, -0.25) is 10.1 Å². The minimum absolute atomic E-state index is 0.0393. The third-order valence-electron chi connectivity index (χ3n) is 4.10. The minimum Gasteiger partial charge on any atom is -0.375 e. The summed E-state index contributed by atoms with van der Waals surface area (Å²) < 4.78 is 0. The Morgan fingerprint density at radius 1 is 1.15 bits per heavy atom. The average Bonchev–Trinajstić information content (AvgIpc) is 2.67. The summed E-state index contributed by atoms with van der Waals surface area (Å²) in [5.41, 5.74) is 8.70. The number of non-ortho nitro benzene ring substituents is 1. The van der Waals surface area contributed by atoms with E-state index in [1.807, 2.05) is 12.1 Å². The molecule has 0 aliphatic heterocycles. The standard InChI is InChI=1S/C19H23N5O2S/c1-3-22(4-2)17-9-5-15(6-10-17)13-21-23(19(20)27)14-16-7-11-18(12-8-16)24(25)26/h5-13H,3-4,14H2,1-2H3,(H2,20,27)/b21-13+. The number of hydrazone groups is 1. The first-order chi connectivity index (χ1) is 12.9. The molecule has 0 fully saturated rings. The monoisotopic (exact) mass is 385 g/mol. The summed E-state index contributed by atoms with van der Waals surface area (Å²) in [5, 5.41) is 16.7. The lowest BCUT2D eigenvalue weighted by Crippen LogP contribution is -2.30. The van der Waals surface area contributed by atoms with E-state index in [9.17, 15) is 10.1 Å². The molecule has 0 aliphatic carbocycles. The van der Waals surface area contributed by atoms with Crippen LogP contribution in [0.3, 0.4) is 0 Å². The molecular weight excluding hydrogens is 362 g/mol. The Kier molecular flexibility index (Phi) is 7.25. The summed E-state index contributed by atoms with van der Waals surface area (Å²) in [5.74, 6) is 0. The molecule has 0 atom stereocenters. The highest BCUT2D eigenvalue weighted by Gasteiger charge is 2.08. The molecule has 0 unspecified atom stereocenters. The molecule has 0 amide bonds. The van der Waals surface area contributed by atoms with Crippen molar-refractivity contribution in [2.45, 2.75) is 20.4 Å². The first kappa shape index (κ1) is 20.3. The van der Waals surface area contributed by atoms with Gasteiger partial charge in [-0.1, -0.05) is 24.3 Å². The molecule has 0 saturated carbocycles. The van der Waals surface area contributed by atoms with Crippen LogP contribution in [0.25, 0.3) is 0 Å². The van der Waals surface area contributed by atoms with Crippen molar-refractivity contribution in [3.05, 3.63) is 69.8 Å². The van der Waals surface area contributed by atoms with Gasteiger partial charge in [0.15, 0.2) is 5.11 Å². The Labute approximate surface area is 164 Å². The van der Waals surface area contributed by atoms with E-state index in [1.165, 1.54) is 17.1 Å². The molecule has 0 aromatic heterocycles. The lowest BCUT2D eigenvalue weighted by molar-refractivity contribution is -0.384. The van der Waals surface area contributed by atoms with E-state index in [0.717, 1.165) is 29.9 Å². The number of nitrogens with two attached hydrogens (primary N) is 1. The predicted molar refractivity (Wildman–Crippen MR) is 113 cm³/mol. The van der Waals surface area contributed by atoms with Crippen molar-refractivity contribution in [3.63, 3.8) is 0 Å². The number of hydrogen-bond donors (Lipinski definition) is 1. The van der Waals surface area contributed by atoms with Gasteiger partial charge >= 0.3 is 0 Å².